The fourth-order valence-electron chi connectivity index (χ4n) is 4.60. The molecule has 0 spiro atoms. The van der Waals surface area contributed by atoms with Crippen molar-refractivity contribution in [1.29, 1.82) is 0 Å². The van der Waals surface area contributed by atoms with Gasteiger partial charge in [0.15, 0.2) is 0 Å². The van der Waals surface area contributed by atoms with Gasteiger partial charge in [-0.2, -0.15) is 0 Å². The van der Waals surface area contributed by atoms with Gasteiger partial charge in [-0.05, 0) is 72.9 Å². The minimum atomic E-state index is -1.07. The molecule has 0 fully saturated rings. The molecule has 0 radical (unpaired) electrons. The molecule has 1 amide bonds. The highest BCUT2D eigenvalue weighted by Crippen LogP contribution is 2.24. The molecule has 0 unspecified atom stereocenters. The van der Waals surface area contributed by atoms with Crippen molar-refractivity contribution in [2.24, 2.45) is 0 Å². The molecule has 4 aromatic rings. The molecule has 0 aliphatic carbocycles. The van der Waals surface area contributed by atoms with Crippen LogP contribution >= 0.6 is 0 Å². The Balaban J connectivity index is 1.49. The Morgan fingerprint density at radius 1 is 0.905 bits per heavy atom. The van der Waals surface area contributed by atoms with Crippen LogP contribution in [0.5, 0.6) is 0 Å². The molecule has 2 atom stereocenters. The van der Waals surface area contributed by atoms with Crippen molar-refractivity contribution in [2.45, 2.75) is 45.4 Å². The zero-order valence-corrected chi connectivity index (χ0v) is 23.5. The fraction of sp³-hybridized carbons (Fsp3) is 0.273. The quantitative estimate of drug-likeness (QED) is 0.183. The lowest BCUT2D eigenvalue weighted by atomic mass is 9.99. The molecular formula is C33H34F2N2O5. The van der Waals surface area contributed by atoms with Crippen LogP contribution in [0.4, 0.5) is 8.78 Å². The number of esters is 1. The summed E-state index contributed by atoms with van der Waals surface area (Å²) in [5.41, 5.74) is 3.37. The number of amides is 1. The van der Waals surface area contributed by atoms with E-state index in [4.69, 9.17) is 9.15 Å². The summed E-state index contributed by atoms with van der Waals surface area (Å²) in [6.07, 6.45) is -0.173. The number of benzene rings is 3. The molecule has 3 N–H and O–H groups in total. The van der Waals surface area contributed by atoms with Crippen LogP contribution < -0.4 is 10.6 Å². The first-order valence-electron chi connectivity index (χ1n) is 13.9. The molecule has 3 aromatic carbocycles. The van der Waals surface area contributed by atoms with Crippen molar-refractivity contribution < 1.29 is 32.6 Å². The number of hydrogen-bond acceptors (Lipinski definition) is 6. The number of rotatable bonds is 13. The van der Waals surface area contributed by atoms with Crippen molar-refractivity contribution in [1.82, 2.24) is 10.6 Å². The van der Waals surface area contributed by atoms with E-state index in [0.717, 1.165) is 18.1 Å². The van der Waals surface area contributed by atoms with Gasteiger partial charge in [0.25, 0.3) is 5.91 Å². The standard InChI is InChI=1S/C33H34F2N2O5/c1-3-21-7-5-8-22(13-21)19-36-20-29(38)28(16-23-14-26(34)18-27(35)15-23)37-32(39)25-10-6-9-24(17-25)30-11-12-31(42-30)33(40)41-4-2/h5-15,17-18,28-29,36,38H,3-4,16,19-20H2,1-2H3,(H,37,39)/t28-,29+/m0/s1. The molecule has 0 aliphatic rings. The number of halogens is 2. The monoisotopic (exact) mass is 576 g/mol. The van der Waals surface area contributed by atoms with Crippen molar-refractivity contribution in [2.75, 3.05) is 13.2 Å². The van der Waals surface area contributed by atoms with Crippen LogP contribution in [-0.4, -0.2) is 42.3 Å². The molecule has 0 saturated heterocycles. The number of nitrogens with one attached hydrogen (secondary N) is 2. The van der Waals surface area contributed by atoms with Crippen molar-refractivity contribution in [3.05, 3.63) is 119 Å². The highest BCUT2D eigenvalue weighted by atomic mass is 19.1. The lowest BCUT2D eigenvalue weighted by Gasteiger charge is -2.25. The van der Waals surface area contributed by atoms with Crippen LogP contribution in [-0.2, 0) is 24.1 Å². The van der Waals surface area contributed by atoms with Gasteiger partial charge in [-0.1, -0.05) is 43.3 Å². The van der Waals surface area contributed by atoms with E-state index in [9.17, 15) is 23.5 Å². The van der Waals surface area contributed by atoms with E-state index in [1.54, 1.807) is 37.3 Å². The largest absolute Gasteiger partial charge is 0.460 e. The first-order valence-corrected chi connectivity index (χ1v) is 13.9. The lowest BCUT2D eigenvalue weighted by Crippen LogP contribution is -2.48. The molecule has 1 aromatic heterocycles. The fourth-order valence-corrected chi connectivity index (χ4v) is 4.60. The van der Waals surface area contributed by atoms with Gasteiger partial charge < -0.3 is 24.9 Å². The summed E-state index contributed by atoms with van der Waals surface area (Å²) in [7, 11) is 0. The minimum Gasteiger partial charge on any atom is -0.460 e. The van der Waals surface area contributed by atoms with Crippen LogP contribution in [0.25, 0.3) is 11.3 Å². The van der Waals surface area contributed by atoms with E-state index in [1.165, 1.54) is 23.8 Å². The van der Waals surface area contributed by atoms with Crippen LogP contribution in [0.1, 0.15) is 51.5 Å². The first kappa shape index (κ1) is 30.6. The number of carbonyl (C=O) groups excluding carboxylic acids is 2. The number of aliphatic hydroxyl groups is 1. The zero-order valence-electron chi connectivity index (χ0n) is 23.5. The van der Waals surface area contributed by atoms with Crippen molar-refractivity contribution in [3.63, 3.8) is 0 Å². The average molecular weight is 577 g/mol. The molecule has 1 heterocycles. The van der Waals surface area contributed by atoms with Crippen LogP contribution in [0.3, 0.4) is 0 Å². The Labute approximate surface area is 243 Å². The predicted octanol–water partition coefficient (Wildman–Crippen LogP) is 5.46. The summed E-state index contributed by atoms with van der Waals surface area (Å²) in [6.45, 7) is 4.60. The van der Waals surface area contributed by atoms with Gasteiger partial charge in [0.05, 0.1) is 18.8 Å². The highest BCUT2D eigenvalue weighted by Gasteiger charge is 2.23. The van der Waals surface area contributed by atoms with Gasteiger partial charge in [0.1, 0.15) is 17.4 Å². The third-order valence-corrected chi connectivity index (χ3v) is 6.73. The smallest absolute Gasteiger partial charge is 0.374 e. The second-order valence-electron chi connectivity index (χ2n) is 9.90. The summed E-state index contributed by atoms with van der Waals surface area (Å²) < 4.78 is 38.4. The molecule has 42 heavy (non-hydrogen) atoms. The van der Waals surface area contributed by atoms with Gasteiger partial charge in [-0.3, -0.25) is 4.79 Å². The number of ether oxygens (including phenoxy) is 1. The maximum Gasteiger partial charge on any atom is 0.374 e. The number of aryl methyl sites for hydroxylation is 1. The predicted molar refractivity (Wildman–Crippen MR) is 155 cm³/mol. The van der Waals surface area contributed by atoms with E-state index in [1.807, 2.05) is 18.2 Å². The maximum absolute atomic E-state index is 13.9. The second kappa shape index (κ2) is 14.5. The normalized spacial score (nSPS) is 12.5. The van der Waals surface area contributed by atoms with Gasteiger partial charge in [0, 0.05) is 30.3 Å². The molecule has 220 valence electrons. The summed E-state index contributed by atoms with van der Waals surface area (Å²) in [4.78, 5) is 25.3. The van der Waals surface area contributed by atoms with Crippen molar-refractivity contribution >= 4 is 11.9 Å². The van der Waals surface area contributed by atoms with Gasteiger partial charge in [0.2, 0.25) is 5.76 Å². The van der Waals surface area contributed by atoms with E-state index < -0.39 is 35.7 Å². The number of carbonyl (C=O) groups is 2. The summed E-state index contributed by atoms with van der Waals surface area (Å²) in [5.74, 6) is -2.16. The molecule has 7 nitrogen and oxygen atoms in total. The SMILES string of the molecule is CCOC(=O)c1ccc(-c2cccc(C(=O)N[C@@H](Cc3cc(F)cc(F)c3)[C@H](O)CNCc3cccc(CC)c3)c2)o1. The number of furan rings is 1. The van der Waals surface area contributed by atoms with E-state index in [2.05, 4.69) is 23.6 Å². The Bertz CT molecular complexity index is 1500. The molecule has 9 heteroatoms. The Morgan fingerprint density at radius 2 is 1.64 bits per heavy atom. The Hall–Kier alpha value is -4.34. The summed E-state index contributed by atoms with van der Waals surface area (Å²) >= 11 is 0. The molecule has 0 saturated carbocycles. The molecular weight excluding hydrogens is 542 g/mol. The van der Waals surface area contributed by atoms with E-state index in [0.29, 0.717) is 23.4 Å². The first-order chi connectivity index (χ1) is 20.2. The summed E-state index contributed by atoms with van der Waals surface area (Å²) in [6, 6.07) is 20.0. The van der Waals surface area contributed by atoms with Gasteiger partial charge >= 0.3 is 5.97 Å². The Kier molecular flexibility index (Phi) is 10.6. The average Bonchev–Trinajstić information content (AvgIpc) is 3.47. The molecule has 0 aliphatic heterocycles. The number of hydrogen-bond donors (Lipinski definition) is 3. The topological polar surface area (TPSA) is 101 Å². The molecule has 4 rings (SSSR count). The lowest BCUT2D eigenvalue weighted by molar-refractivity contribution is 0.0491. The summed E-state index contributed by atoms with van der Waals surface area (Å²) in [5, 5.41) is 17.1. The van der Waals surface area contributed by atoms with E-state index in [-0.39, 0.29) is 30.9 Å². The van der Waals surface area contributed by atoms with Crippen molar-refractivity contribution in [3.8, 4) is 11.3 Å². The number of aliphatic hydroxyl groups excluding tert-OH is 1. The zero-order chi connectivity index (χ0) is 30.1. The Morgan fingerprint density at radius 3 is 2.38 bits per heavy atom. The molecule has 0 bridgehead atoms. The third kappa shape index (κ3) is 8.34. The van der Waals surface area contributed by atoms with Crippen LogP contribution in [0, 0.1) is 11.6 Å². The van der Waals surface area contributed by atoms with Gasteiger partial charge in [-0.25, -0.2) is 13.6 Å². The van der Waals surface area contributed by atoms with Crippen LogP contribution in [0.2, 0.25) is 0 Å². The third-order valence-electron chi connectivity index (χ3n) is 6.73. The van der Waals surface area contributed by atoms with Crippen LogP contribution in [0.15, 0.2) is 83.3 Å². The maximum atomic E-state index is 13.9. The highest BCUT2D eigenvalue weighted by molar-refractivity contribution is 5.95. The minimum absolute atomic E-state index is 0.00460. The van der Waals surface area contributed by atoms with E-state index >= 15 is 0 Å². The second-order valence-corrected chi connectivity index (χ2v) is 9.90. The van der Waals surface area contributed by atoms with Gasteiger partial charge in [-0.15, -0.1) is 0 Å².